The Bertz CT molecular complexity index is 198. The fraction of sp³-hybridized carbons (Fsp3) is 1.00. The van der Waals surface area contributed by atoms with Gasteiger partial charge in [0.05, 0.1) is 0 Å². The van der Waals surface area contributed by atoms with E-state index in [4.69, 9.17) is 0 Å². The van der Waals surface area contributed by atoms with Crippen LogP contribution in [-0.4, -0.2) is 47.1 Å². The van der Waals surface area contributed by atoms with Crippen LogP contribution < -0.4 is 0 Å². The molecule has 0 N–H and O–H groups in total. The van der Waals surface area contributed by atoms with Gasteiger partial charge >= 0.3 is 0 Å². The van der Waals surface area contributed by atoms with E-state index in [1.807, 2.05) is 0 Å². The number of rotatable bonds is 2. The molecule has 0 aromatic rings. The Labute approximate surface area is 99.6 Å². The topological polar surface area (TPSA) is 6.48 Å². The molecule has 5 heteroatoms. The lowest BCUT2D eigenvalue weighted by Crippen LogP contribution is -2.69. The standard InChI is InChI=1S/C10H28N2Si3/c1-13-11(14(2,3)4)9-8-10-12(13)15(5,6)7/h13H,8-10H2,1-7H3. The predicted molar refractivity (Wildman–Crippen MR) is 77.7 cm³/mol. The molecule has 0 saturated carbocycles. The van der Waals surface area contributed by atoms with Gasteiger partial charge in [0.2, 0.25) is 0 Å². The number of nitrogens with zero attached hydrogens (tertiary/aromatic N) is 2. The van der Waals surface area contributed by atoms with Gasteiger partial charge in [-0.2, -0.15) is 0 Å². The van der Waals surface area contributed by atoms with E-state index in [-0.39, 0.29) is 0 Å². The summed E-state index contributed by atoms with van der Waals surface area (Å²) in [5, 5.41) is 0. The van der Waals surface area contributed by atoms with E-state index in [9.17, 15) is 0 Å². The molecular weight excluding hydrogens is 232 g/mol. The van der Waals surface area contributed by atoms with Gasteiger partial charge in [-0.25, -0.2) is 0 Å². The number of hydrogen-bond acceptors (Lipinski definition) is 2. The highest BCUT2D eigenvalue weighted by molar-refractivity contribution is 6.88. The van der Waals surface area contributed by atoms with E-state index < -0.39 is 25.6 Å². The van der Waals surface area contributed by atoms with Crippen molar-refractivity contribution in [3.63, 3.8) is 0 Å². The molecule has 0 aromatic carbocycles. The third kappa shape index (κ3) is 3.26. The Morgan fingerprint density at radius 3 is 1.40 bits per heavy atom. The van der Waals surface area contributed by atoms with Crippen LogP contribution in [0.3, 0.4) is 0 Å². The molecule has 1 rings (SSSR count). The second-order valence-electron chi connectivity index (χ2n) is 6.71. The highest BCUT2D eigenvalue weighted by atomic mass is 28.4. The molecule has 1 heterocycles. The Morgan fingerprint density at radius 2 is 1.13 bits per heavy atom. The first kappa shape index (κ1) is 13.6. The van der Waals surface area contributed by atoms with E-state index in [1.54, 1.807) is 0 Å². The second kappa shape index (κ2) is 4.44. The molecule has 0 amide bonds. The van der Waals surface area contributed by atoms with Gasteiger partial charge < -0.3 is 8.46 Å². The van der Waals surface area contributed by atoms with E-state index in [0.717, 1.165) is 0 Å². The minimum Gasteiger partial charge on any atom is -0.336 e. The minimum absolute atomic E-state index is 0.784. The molecule has 0 aromatic heterocycles. The van der Waals surface area contributed by atoms with Crippen LogP contribution in [0.15, 0.2) is 0 Å². The lowest BCUT2D eigenvalue weighted by molar-refractivity contribution is 0.438. The van der Waals surface area contributed by atoms with Crippen molar-refractivity contribution < 1.29 is 0 Å². The lowest BCUT2D eigenvalue weighted by Gasteiger charge is -2.51. The van der Waals surface area contributed by atoms with Crippen LogP contribution >= 0.6 is 0 Å². The van der Waals surface area contributed by atoms with Crippen LogP contribution in [0, 0.1) is 0 Å². The summed E-state index contributed by atoms with van der Waals surface area (Å²) in [6.07, 6.45) is 1.39. The smallest absolute Gasteiger partial charge is 0.173 e. The maximum atomic E-state index is 2.93. The largest absolute Gasteiger partial charge is 0.336 e. The van der Waals surface area contributed by atoms with Gasteiger partial charge in [-0.05, 0) is 26.1 Å². The zero-order valence-electron chi connectivity index (χ0n) is 11.6. The average molecular weight is 261 g/mol. The van der Waals surface area contributed by atoms with Crippen LogP contribution in [0.2, 0.25) is 45.8 Å². The van der Waals surface area contributed by atoms with E-state index in [2.05, 4.69) is 54.3 Å². The predicted octanol–water partition coefficient (Wildman–Crippen LogP) is 2.51. The van der Waals surface area contributed by atoms with Crippen molar-refractivity contribution in [1.82, 2.24) is 8.46 Å². The monoisotopic (exact) mass is 260 g/mol. The van der Waals surface area contributed by atoms with E-state index in [0.29, 0.717) is 0 Å². The maximum Gasteiger partial charge on any atom is 0.173 e. The van der Waals surface area contributed by atoms with Gasteiger partial charge in [0.25, 0.3) is 0 Å². The SMILES string of the molecule is C[SiH]1N([Si](C)(C)C)CCCN1[Si](C)(C)C. The molecule has 0 aliphatic carbocycles. The summed E-state index contributed by atoms with van der Waals surface area (Å²) in [6, 6.07) is 0. The molecule has 15 heavy (non-hydrogen) atoms. The Morgan fingerprint density at radius 1 is 0.800 bits per heavy atom. The molecule has 0 bridgehead atoms. The summed E-state index contributed by atoms with van der Waals surface area (Å²) in [4.78, 5) is 0. The molecule has 2 nitrogen and oxygen atoms in total. The third-order valence-corrected chi connectivity index (χ3v) is 16.5. The molecule has 1 aliphatic rings. The van der Waals surface area contributed by atoms with Crippen molar-refractivity contribution in [2.75, 3.05) is 13.1 Å². The van der Waals surface area contributed by atoms with Crippen LogP contribution in [0.1, 0.15) is 6.42 Å². The molecule has 0 unspecified atom stereocenters. The van der Waals surface area contributed by atoms with Crippen LogP contribution in [0.25, 0.3) is 0 Å². The second-order valence-corrected chi connectivity index (χ2v) is 20.1. The summed E-state index contributed by atoms with van der Waals surface area (Å²) >= 11 is 0. The van der Waals surface area contributed by atoms with Gasteiger partial charge in [0.15, 0.2) is 9.12 Å². The number of hydrogen-bond donors (Lipinski definition) is 0. The highest BCUT2D eigenvalue weighted by Gasteiger charge is 2.39. The third-order valence-electron chi connectivity index (χ3n) is 3.42. The van der Waals surface area contributed by atoms with Crippen molar-refractivity contribution in [3.8, 4) is 0 Å². The van der Waals surface area contributed by atoms with Crippen LogP contribution in [0.4, 0.5) is 0 Å². The molecule has 0 spiro atoms. The summed E-state index contributed by atoms with van der Waals surface area (Å²) in [5.41, 5.74) is 0. The zero-order chi connectivity index (χ0) is 11.9. The summed E-state index contributed by atoms with van der Waals surface area (Å²) in [7, 11) is -2.91. The zero-order valence-corrected chi connectivity index (χ0v) is 14.7. The van der Waals surface area contributed by atoms with Crippen LogP contribution in [0.5, 0.6) is 0 Å². The van der Waals surface area contributed by atoms with Gasteiger partial charge in [-0.3, -0.25) is 0 Å². The average Bonchev–Trinajstić information content (AvgIpc) is 1.99. The van der Waals surface area contributed by atoms with Gasteiger partial charge in [0.1, 0.15) is 16.5 Å². The van der Waals surface area contributed by atoms with Gasteiger partial charge in [-0.1, -0.05) is 39.3 Å². The quantitative estimate of drug-likeness (QED) is 0.704. The molecule has 0 radical (unpaired) electrons. The lowest BCUT2D eigenvalue weighted by atomic mass is 10.4. The fourth-order valence-electron chi connectivity index (χ4n) is 2.75. The van der Waals surface area contributed by atoms with Crippen molar-refractivity contribution in [2.24, 2.45) is 0 Å². The first-order valence-corrected chi connectivity index (χ1v) is 15.3. The van der Waals surface area contributed by atoms with Gasteiger partial charge in [-0.15, -0.1) is 0 Å². The van der Waals surface area contributed by atoms with Crippen molar-refractivity contribution in [3.05, 3.63) is 0 Å². The van der Waals surface area contributed by atoms with E-state index in [1.165, 1.54) is 19.5 Å². The highest BCUT2D eigenvalue weighted by Crippen LogP contribution is 2.23. The summed E-state index contributed by atoms with van der Waals surface area (Å²) < 4.78 is 5.85. The fourth-order valence-corrected chi connectivity index (χ4v) is 16.0. The molecular formula is C10H28N2Si3. The molecule has 90 valence electrons. The van der Waals surface area contributed by atoms with Gasteiger partial charge in [0, 0.05) is 0 Å². The normalized spacial score (nSPS) is 23.4. The molecule has 1 aliphatic heterocycles. The Hall–Kier alpha value is 0.571. The maximum absolute atomic E-state index is 2.93. The summed E-state index contributed by atoms with van der Waals surface area (Å²) in [6.45, 7) is 20.3. The molecule has 1 saturated heterocycles. The van der Waals surface area contributed by atoms with Crippen molar-refractivity contribution >= 4 is 25.6 Å². The molecule has 0 atom stereocenters. The summed E-state index contributed by atoms with van der Waals surface area (Å²) in [5.74, 6) is 0. The molecule has 1 fully saturated rings. The van der Waals surface area contributed by atoms with Crippen LogP contribution in [-0.2, 0) is 0 Å². The van der Waals surface area contributed by atoms with Crippen molar-refractivity contribution in [2.45, 2.75) is 52.2 Å². The first-order chi connectivity index (χ1) is 6.64. The van der Waals surface area contributed by atoms with Crippen molar-refractivity contribution in [1.29, 1.82) is 0 Å². The van der Waals surface area contributed by atoms with E-state index >= 15 is 0 Å². The Kier molecular flexibility index (Phi) is 4.04. The minimum atomic E-state index is -1.06. The Balaban J connectivity index is 2.81. The first-order valence-electron chi connectivity index (χ1n) is 6.17.